The van der Waals surface area contributed by atoms with E-state index >= 15 is 0 Å². The molecule has 0 atom stereocenters. The summed E-state index contributed by atoms with van der Waals surface area (Å²) in [7, 11) is 0. The van der Waals surface area contributed by atoms with Crippen molar-refractivity contribution >= 4 is 22.7 Å². The number of carbonyl (C=O) groups is 2. The number of ether oxygens (including phenoxy) is 1. The lowest BCUT2D eigenvalue weighted by molar-refractivity contribution is -0.139. The fourth-order valence-corrected chi connectivity index (χ4v) is 1.99. The van der Waals surface area contributed by atoms with Gasteiger partial charge in [0.05, 0.1) is 0 Å². The zero-order valence-corrected chi connectivity index (χ0v) is 10.4. The Labute approximate surface area is 105 Å². The first-order chi connectivity index (χ1) is 8.63. The average Bonchev–Trinajstić information content (AvgIpc) is 2.79. The summed E-state index contributed by atoms with van der Waals surface area (Å²) in [6, 6.07) is 5.85. The largest absolute Gasteiger partial charge is 0.457 e. The molecule has 0 aliphatic heterocycles. The molecule has 1 N–H and O–H groups in total. The van der Waals surface area contributed by atoms with Crippen LogP contribution >= 0.6 is 0 Å². The van der Waals surface area contributed by atoms with Crippen molar-refractivity contribution in [2.45, 2.75) is 20.3 Å². The maximum atomic E-state index is 11.9. The van der Waals surface area contributed by atoms with Gasteiger partial charge < -0.3 is 9.72 Å². The van der Waals surface area contributed by atoms with E-state index in [1.54, 1.807) is 6.20 Å². The molecule has 1 heterocycles. The highest BCUT2D eigenvalue weighted by Crippen LogP contribution is 2.22. The first-order valence-corrected chi connectivity index (χ1v) is 5.89. The van der Waals surface area contributed by atoms with Gasteiger partial charge in [-0.2, -0.15) is 0 Å². The molecular weight excluding hydrogens is 230 g/mol. The Balaban J connectivity index is 2.34. The summed E-state index contributed by atoms with van der Waals surface area (Å²) in [4.78, 5) is 25.7. The summed E-state index contributed by atoms with van der Waals surface area (Å²) >= 11 is 0. The quantitative estimate of drug-likeness (QED) is 0.665. The van der Waals surface area contributed by atoms with Crippen LogP contribution in [-0.2, 0) is 16.0 Å². The number of aromatic nitrogens is 1. The number of nitrogens with one attached hydrogen (secondary N) is 1. The van der Waals surface area contributed by atoms with Gasteiger partial charge in [-0.25, -0.2) is 0 Å². The van der Waals surface area contributed by atoms with Crippen molar-refractivity contribution in [3.05, 3.63) is 35.5 Å². The van der Waals surface area contributed by atoms with E-state index in [9.17, 15) is 9.59 Å². The number of esters is 1. The number of ketones is 1. The van der Waals surface area contributed by atoms with Crippen molar-refractivity contribution in [3.8, 4) is 0 Å². The molecule has 0 unspecified atom stereocenters. The second kappa shape index (κ2) is 5.04. The van der Waals surface area contributed by atoms with Crippen molar-refractivity contribution in [1.29, 1.82) is 0 Å². The molecule has 0 amide bonds. The van der Waals surface area contributed by atoms with Gasteiger partial charge in [-0.1, -0.05) is 25.1 Å². The lowest BCUT2D eigenvalue weighted by Crippen LogP contribution is -2.11. The van der Waals surface area contributed by atoms with Crippen LogP contribution in [0.3, 0.4) is 0 Å². The molecule has 94 valence electrons. The normalized spacial score (nSPS) is 10.6. The van der Waals surface area contributed by atoms with Crippen molar-refractivity contribution in [1.82, 2.24) is 4.98 Å². The fraction of sp³-hybridized carbons (Fsp3) is 0.286. The van der Waals surface area contributed by atoms with E-state index in [0.717, 1.165) is 17.3 Å². The van der Waals surface area contributed by atoms with Crippen molar-refractivity contribution in [2.24, 2.45) is 0 Å². The topological polar surface area (TPSA) is 59.2 Å². The molecule has 2 aromatic rings. The van der Waals surface area contributed by atoms with E-state index in [1.807, 2.05) is 18.2 Å². The number of hydrogen-bond acceptors (Lipinski definition) is 3. The van der Waals surface area contributed by atoms with Crippen LogP contribution in [-0.4, -0.2) is 23.3 Å². The Morgan fingerprint density at radius 1 is 1.33 bits per heavy atom. The van der Waals surface area contributed by atoms with E-state index in [2.05, 4.69) is 11.9 Å². The Morgan fingerprint density at radius 2 is 2.11 bits per heavy atom. The van der Waals surface area contributed by atoms with E-state index in [-0.39, 0.29) is 12.4 Å². The minimum Gasteiger partial charge on any atom is -0.457 e. The molecule has 0 aliphatic carbocycles. The van der Waals surface area contributed by atoms with Crippen LogP contribution in [0.25, 0.3) is 10.9 Å². The Hall–Kier alpha value is -2.10. The predicted molar refractivity (Wildman–Crippen MR) is 68.6 cm³/mol. The van der Waals surface area contributed by atoms with Gasteiger partial charge >= 0.3 is 5.97 Å². The Kier molecular flexibility index (Phi) is 3.46. The molecule has 0 radical (unpaired) electrons. The van der Waals surface area contributed by atoms with Gasteiger partial charge in [0.2, 0.25) is 5.78 Å². The molecule has 4 heteroatoms. The Morgan fingerprint density at radius 3 is 2.78 bits per heavy atom. The summed E-state index contributed by atoms with van der Waals surface area (Å²) < 4.78 is 4.73. The van der Waals surface area contributed by atoms with Crippen molar-refractivity contribution < 1.29 is 14.3 Å². The van der Waals surface area contributed by atoms with Gasteiger partial charge in [-0.15, -0.1) is 0 Å². The van der Waals surface area contributed by atoms with Gasteiger partial charge in [0.1, 0.15) is 0 Å². The molecule has 0 saturated heterocycles. The molecule has 2 rings (SSSR count). The number of aryl methyl sites for hydroxylation is 1. The predicted octanol–water partition coefficient (Wildman–Crippen LogP) is 2.48. The average molecular weight is 245 g/mol. The minimum atomic E-state index is -0.447. The van der Waals surface area contributed by atoms with E-state index in [1.165, 1.54) is 12.5 Å². The van der Waals surface area contributed by atoms with Crippen LogP contribution in [0.5, 0.6) is 0 Å². The fourth-order valence-electron chi connectivity index (χ4n) is 1.99. The highest BCUT2D eigenvalue weighted by Gasteiger charge is 2.14. The van der Waals surface area contributed by atoms with E-state index in [4.69, 9.17) is 4.74 Å². The number of benzene rings is 1. The molecule has 18 heavy (non-hydrogen) atoms. The van der Waals surface area contributed by atoms with E-state index in [0.29, 0.717) is 5.56 Å². The molecule has 0 saturated carbocycles. The molecule has 1 aromatic heterocycles. The number of hydrogen-bond donors (Lipinski definition) is 1. The zero-order valence-electron chi connectivity index (χ0n) is 10.4. The third kappa shape index (κ3) is 2.27. The molecule has 0 fully saturated rings. The number of carbonyl (C=O) groups excluding carboxylic acids is 2. The smallest absolute Gasteiger partial charge is 0.303 e. The molecule has 1 aromatic carbocycles. The SMILES string of the molecule is CCc1cccc2c(C(=O)COC(C)=O)c[nH]c12. The summed E-state index contributed by atoms with van der Waals surface area (Å²) in [6.45, 7) is 3.15. The van der Waals surface area contributed by atoms with Crippen LogP contribution in [0.15, 0.2) is 24.4 Å². The number of para-hydroxylation sites is 1. The number of fused-ring (bicyclic) bond motifs is 1. The first-order valence-electron chi connectivity index (χ1n) is 5.89. The second-order valence-corrected chi connectivity index (χ2v) is 4.10. The van der Waals surface area contributed by atoms with Crippen LogP contribution in [0.2, 0.25) is 0 Å². The molecule has 0 bridgehead atoms. The van der Waals surface area contributed by atoms with E-state index < -0.39 is 5.97 Å². The zero-order chi connectivity index (χ0) is 13.1. The Bertz CT molecular complexity index is 598. The number of Topliss-reactive ketones (excluding diaryl/α,β-unsaturated/α-hetero) is 1. The lowest BCUT2D eigenvalue weighted by atomic mass is 10.1. The lowest BCUT2D eigenvalue weighted by Gasteiger charge is -2.01. The van der Waals surface area contributed by atoms with Crippen molar-refractivity contribution in [2.75, 3.05) is 6.61 Å². The number of rotatable bonds is 4. The van der Waals surface area contributed by atoms with Crippen LogP contribution in [0.1, 0.15) is 29.8 Å². The molecule has 0 spiro atoms. The highest BCUT2D eigenvalue weighted by molar-refractivity contribution is 6.09. The number of H-pyrrole nitrogens is 1. The standard InChI is InChI=1S/C14H15NO3/c1-3-10-5-4-6-11-12(7-15-14(10)11)13(17)8-18-9(2)16/h4-7,15H,3,8H2,1-2H3. The highest BCUT2D eigenvalue weighted by atomic mass is 16.5. The second-order valence-electron chi connectivity index (χ2n) is 4.10. The molecule has 0 aliphatic rings. The molecular formula is C14H15NO3. The van der Waals surface area contributed by atoms with Gasteiger partial charge in [-0.3, -0.25) is 9.59 Å². The van der Waals surface area contributed by atoms with Gasteiger partial charge in [0, 0.05) is 29.6 Å². The summed E-state index contributed by atoms with van der Waals surface area (Å²) in [5.74, 6) is -0.637. The van der Waals surface area contributed by atoms with Gasteiger partial charge in [0.25, 0.3) is 0 Å². The summed E-state index contributed by atoms with van der Waals surface area (Å²) in [6.07, 6.45) is 2.57. The van der Waals surface area contributed by atoms with Crippen LogP contribution in [0.4, 0.5) is 0 Å². The monoisotopic (exact) mass is 245 g/mol. The molecule has 4 nitrogen and oxygen atoms in total. The van der Waals surface area contributed by atoms with Gasteiger partial charge in [-0.05, 0) is 12.0 Å². The van der Waals surface area contributed by atoms with Crippen LogP contribution in [0, 0.1) is 0 Å². The minimum absolute atomic E-state index is 0.190. The maximum absolute atomic E-state index is 11.9. The number of aromatic amines is 1. The maximum Gasteiger partial charge on any atom is 0.303 e. The third-order valence-electron chi connectivity index (χ3n) is 2.89. The van der Waals surface area contributed by atoms with Gasteiger partial charge in [0.15, 0.2) is 6.61 Å². The third-order valence-corrected chi connectivity index (χ3v) is 2.89. The first kappa shape index (κ1) is 12.4. The van der Waals surface area contributed by atoms with Crippen molar-refractivity contribution in [3.63, 3.8) is 0 Å². The summed E-state index contributed by atoms with van der Waals surface area (Å²) in [5, 5.41) is 0.881. The summed E-state index contributed by atoms with van der Waals surface area (Å²) in [5.41, 5.74) is 2.71. The van der Waals surface area contributed by atoms with Crippen LogP contribution < -0.4 is 0 Å².